The first-order valence-electron chi connectivity index (χ1n) is 7.34. The van der Waals surface area contributed by atoms with Crippen molar-refractivity contribution in [2.75, 3.05) is 0 Å². The van der Waals surface area contributed by atoms with Crippen molar-refractivity contribution in [3.63, 3.8) is 0 Å². The number of fused-ring (bicyclic) bond motifs is 3. The van der Waals surface area contributed by atoms with E-state index in [4.69, 9.17) is 0 Å². The summed E-state index contributed by atoms with van der Waals surface area (Å²) in [6.45, 7) is 0. The third-order valence-electron chi connectivity index (χ3n) is 5.24. The van der Waals surface area contributed by atoms with Gasteiger partial charge in [0.15, 0.2) is 0 Å². The lowest BCUT2D eigenvalue weighted by Crippen LogP contribution is -2.37. The van der Waals surface area contributed by atoms with Gasteiger partial charge in [0, 0.05) is 17.0 Å². The first kappa shape index (κ1) is 11.9. The summed E-state index contributed by atoms with van der Waals surface area (Å²) in [5.41, 5.74) is 1.60. The van der Waals surface area contributed by atoms with E-state index in [2.05, 4.69) is 27.3 Å². The zero-order valence-electron chi connectivity index (χ0n) is 10.6. The molecule has 1 aromatic rings. The van der Waals surface area contributed by atoms with Gasteiger partial charge in [-0.2, -0.15) is 0 Å². The van der Waals surface area contributed by atoms with Gasteiger partial charge in [-0.15, -0.1) is 11.3 Å². The second-order valence-corrected chi connectivity index (χ2v) is 8.84. The number of thiophene rings is 1. The predicted molar refractivity (Wildman–Crippen MR) is 80.1 cm³/mol. The van der Waals surface area contributed by atoms with Crippen molar-refractivity contribution in [2.45, 2.75) is 57.0 Å². The van der Waals surface area contributed by atoms with Crippen LogP contribution in [0, 0.1) is 11.8 Å². The average Bonchev–Trinajstić information content (AvgIpc) is 3.02. The third-order valence-corrected chi connectivity index (χ3v) is 6.95. The van der Waals surface area contributed by atoms with E-state index in [-0.39, 0.29) is 0 Å². The van der Waals surface area contributed by atoms with E-state index >= 15 is 0 Å². The van der Waals surface area contributed by atoms with Crippen molar-refractivity contribution in [2.24, 2.45) is 11.8 Å². The Morgan fingerprint density at radius 1 is 1.22 bits per heavy atom. The molecule has 0 amide bonds. The SMILES string of the molecule is Brc1cc2c(s1)CCCC2NC1CC2CCC1C2. The van der Waals surface area contributed by atoms with E-state index in [1.165, 1.54) is 48.7 Å². The molecule has 1 aromatic heterocycles. The maximum Gasteiger partial charge on any atom is 0.0704 e. The Kier molecular flexibility index (Phi) is 3.05. The molecule has 3 aliphatic rings. The number of aryl methyl sites for hydroxylation is 1. The zero-order valence-corrected chi connectivity index (χ0v) is 13.0. The molecule has 0 aliphatic heterocycles. The van der Waals surface area contributed by atoms with Crippen molar-refractivity contribution in [1.29, 1.82) is 0 Å². The van der Waals surface area contributed by atoms with E-state index in [1.54, 1.807) is 10.4 Å². The topological polar surface area (TPSA) is 12.0 Å². The van der Waals surface area contributed by atoms with Crippen LogP contribution < -0.4 is 5.32 Å². The molecule has 1 N–H and O–H groups in total. The molecule has 0 aromatic carbocycles. The first-order valence-corrected chi connectivity index (χ1v) is 8.94. The van der Waals surface area contributed by atoms with Crippen molar-refractivity contribution in [3.8, 4) is 0 Å². The molecule has 1 nitrogen and oxygen atoms in total. The minimum Gasteiger partial charge on any atom is -0.307 e. The highest BCUT2D eigenvalue weighted by molar-refractivity contribution is 9.11. The van der Waals surface area contributed by atoms with E-state index in [9.17, 15) is 0 Å². The standard InChI is InChI=1S/C15H20BrNS/c16-15-8-11-12(2-1-3-14(11)18-15)17-13-7-9-4-5-10(13)6-9/h8-10,12-13,17H,1-7H2. The van der Waals surface area contributed by atoms with Crippen LogP contribution in [0.25, 0.3) is 0 Å². The number of hydrogen-bond donors (Lipinski definition) is 1. The fraction of sp³-hybridized carbons (Fsp3) is 0.733. The Hall–Kier alpha value is 0.140. The number of halogens is 1. The van der Waals surface area contributed by atoms with Gasteiger partial charge in [0.1, 0.15) is 0 Å². The van der Waals surface area contributed by atoms with E-state index in [0.717, 1.165) is 17.9 Å². The summed E-state index contributed by atoms with van der Waals surface area (Å²) >= 11 is 5.60. The Bertz CT molecular complexity index is 455. The molecule has 0 spiro atoms. The number of rotatable bonds is 2. The van der Waals surface area contributed by atoms with Crippen LogP contribution >= 0.6 is 27.3 Å². The van der Waals surface area contributed by atoms with Gasteiger partial charge in [0.25, 0.3) is 0 Å². The van der Waals surface area contributed by atoms with E-state index in [1.807, 2.05) is 11.3 Å². The zero-order chi connectivity index (χ0) is 12.1. The van der Waals surface area contributed by atoms with Gasteiger partial charge >= 0.3 is 0 Å². The van der Waals surface area contributed by atoms with Gasteiger partial charge in [-0.1, -0.05) is 6.42 Å². The molecule has 2 bridgehead atoms. The monoisotopic (exact) mass is 325 g/mol. The molecule has 3 aliphatic carbocycles. The van der Waals surface area contributed by atoms with Crippen LogP contribution in [0.15, 0.2) is 9.85 Å². The Morgan fingerprint density at radius 2 is 2.17 bits per heavy atom. The summed E-state index contributed by atoms with van der Waals surface area (Å²) < 4.78 is 1.31. The molecule has 0 radical (unpaired) electrons. The Balaban J connectivity index is 1.52. The van der Waals surface area contributed by atoms with E-state index in [0.29, 0.717) is 6.04 Å². The van der Waals surface area contributed by atoms with Crippen LogP contribution in [-0.4, -0.2) is 6.04 Å². The molecule has 2 fully saturated rings. The highest BCUT2D eigenvalue weighted by atomic mass is 79.9. The molecular weight excluding hydrogens is 306 g/mol. The number of hydrogen-bond acceptors (Lipinski definition) is 2. The van der Waals surface area contributed by atoms with Crippen LogP contribution in [0.2, 0.25) is 0 Å². The van der Waals surface area contributed by atoms with Gasteiger partial charge in [0.2, 0.25) is 0 Å². The normalized spacial score (nSPS) is 38.1. The summed E-state index contributed by atoms with van der Waals surface area (Å²) in [5, 5.41) is 4.00. The Labute approximate surface area is 121 Å². The quantitative estimate of drug-likeness (QED) is 0.833. The second kappa shape index (κ2) is 4.60. The van der Waals surface area contributed by atoms with Crippen molar-refractivity contribution in [1.82, 2.24) is 5.32 Å². The third kappa shape index (κ3) is 1.99. The van der Waals surface area contributed by atoms with Crippen molar-refractivity contribution >= 4 is 27.3 Å². The van der Waals surface area contributed by atoms with Crippen molar-refractivity contribution in [3.05, 3.63) is 20.3 Å². The molecule has 98 valence electrons. The molecule has 4 rings (SSSR count). The Morgan fingerprint density at radius 3 is 2.94 bits per heavy atom. The summed E-state index contributed by atoms with van der Waals surface area (Å²) in [6.07, 6.45) is 9.92. The summed E-state index contributed by atoms with van der Waals surface area (Å²) in [5.74, 6) is 2.03. The fourth-order valence-corrected chi connectivity index (χ4v) is 6.22. The summed E-state index contributed by atoms with van der Waals surface area (Å²) in [7, 11) is 0. The molecule has 0 saturated heterocycles. The fourth-order valence-electron chi connectivity index (χ4n) is 4.40. The second-order valence-electron chi connectivity index (χ2n) is 6.32. The van der Waals surface area contributed by atoms with Gasteiger partial charge in [-0.3, -0.25) is 0 Å². The van der Waals surface area contributed by atoms with Crippen LogP contribution in [0.1, 0.15) is 55.0 Å². The molecule has 2 saturated carbocycles. The molecule has 18 heavy (non-hydrogen) atoms. The average molecular weight is 326 g/mol. The maximum atomic E-state index is 4.00. The molecule has 4 atom stereocenters. The van der Waals surface area contributed by atoms with Crippen LogP contribution in [-0.2, 0) is 6.42 Å². The smallest absolute Gasteiger partial charge is 0.0704 e. The molecule has 4 unspecified atom stereocenters. The lowest BCUT2D eigenvalue weighted by Gasteiger charge is -2.31. The van der Waals surface area contributed by atoms with Gasteiger partial charge < -0.3 is 5.32 Å². The molecule has 1 heterocycles. The lowest BCUT2D eigenvalue weighted by atomic mass is 9.90. The highest BCUT2D eigenvalue weighted by Crippen LogP contribution is 2.46. The van der Waals surface area contributed by atoms with Gasteiger partial charge in [-0.25, -0.2) is 0 Å². The minimum atomic E-state index is 0.639. The summed E-state index contributed by atoms with van der Waals surface area (Å²) in [4.78, 5) is 1.62. The van der Waals surface area contributed by atoms with Gasteiger partial charge in [-0.05, 0) is 77.9 Å². The molecule has 3 heteroatoms. The van der Waals surface area contributed by atoms with E-state index < -0.39 is 0 Å². The van der Waals surface area contributed by atoms with Crippen LogP contribution in [0.4, 0.5) is 0 Å². The van der Waals surface area contributed by atoms with Gasteiger partial charge in [0.05, 0.1) is 3.79 Å². The highest BCUT2D eigenvalue weighted by Gasteiger charge is 2.40. The lowest BCUT2D eigenvalue weighted by molar-refractivity contribution is 0.305. The largest absolute Gasteiger partial charge is 0.307 e. The number of nitrogens with one attached hydrogen (secondary N) is 1. The first-order chi connectivity index (χ1) is 8.79. The summed E-state index contributed by atoms with van der Waals surface area (Å²) in [6, 6.07) is 3.82. The van der Waals surface area contributed by atoms with Crippen LogP contribution in [0.5, 0.6) is 0 Å². The predicted octanol–water partition coefficient (Wildman–Crippen LogP) is 4.67. The van der Waals surface area contributed by atoms with Crippen molar-refractivity contribution < 1.29 is 0 Å². The molecular formula is C15H20BrNS. The van der Waals surface area contributed by atoms with Crippen LogP contribution in [0.3, 0.4) is 0 Å². The maximum absolute atomic E-state index is 4.00. The minimum absolute atomic E-state index is 0.639.